The van der Waals surface area contributed by atoms with Crippen molar-refractivity contribution < 1.29 is 5.11 Å². The second kappa shape index (κ2) is 6.25. The van der Waals surface area contributed by atoms with Crippen molar-refractivity contribution in [2.75, 3.05) is 6.61 Å². The number of aliphatic hydroxyl groups excluding tert-OH is 1. The van der Waals surface area contributed by atoms with Crippen LogP contribution in [0.5, 0.6) is 0 Å². The average Bonchev–Trinajstić information content (AvgIpc) is 2.92. The molecule has 19 heavy (non-hydrogen) atoms. The Bertz CT molecular complexity index is 544. The molecule has 102 valence electrons. The minimum atomic E-state index is -0.619. The molecule has 2 aromatic rings. The van der Waals surface area contributed by atoms with Crippen LogP contribution in [0.15, 0.2) is 35.7 Å². The van der Waals surface area contributed by atoms with E-state index in [0.29, 0.717) is 16.6 Å². The zero-order chi connectivity index (χ0) is 13.9. The van der Waals surface area contributed by atoms with Gasteiger partial charge in [0.15, 0.2) is 0 Å². The Morgan fingerprint density at radius 1 is 1.26 bits per heavy atom. The molecular weight excluding hydrogens is 301 g/mol. The molecule has 1 atom stereocenters. The Morgan fingerprint density at radius 3 is 2.68 bits per heavy atom. The van der Waals surface area contributed by atoms with E-state index in [2.05, 4.69) is 11.4 Å². The van der Waals surface area contributed by atoms with Gasteiger partial charge in [0.25, 0.3) is 0 Å². The monoisotopic (exact) mass is 315 g/mol. The summed E-state index contributed by atoms with van der Waals surface area (Å²) in [5.41, 5.74) is 0.187. The molecule has 0 bridgehead atoms. The molecule has 0 saturated carbocycles. The Hall–Kier alpha value is -0.580. The second-order valence-electron chi connectivity index (χ2n) is 4.52. The van der Waals surface area contributed by atoms with E-state index in [1.54, 1.807) is 17.4 Å². The lowest BCUT2D eigenvalue weighted by molar-refractivity contribution is 0.174. The van der Waals surface area contributed by atoms with Gasteiger partial charge in [-0.2, -0.15) is 0 Å². The van der Waals surface area contributed by atoms with E-state index < -0.39 is 5.54 Å². The first-order chi connectivity index (χ1) is 9.07. The molecule has 5 heteroatoms. The topological polar surface area (TPSA) is 32.3 Å². The molecule has 0 aliphatic carbocycles. The molecule has 1 unspecified atom stereocenters. The summed E-state index contributed by atoms with van der Waals surface area (Å²) in [4.78, 5) is 1.21. The number of aliphatic hydroxyl groups is 1. The summed E-state index contributed by atoms with van der Waals surface area (Å²) in [5.74, 6) is 0. The normalized spacial score (nSPS) is 14.3. The molecule has 1 aromatic carbocycles. The van der Waals surface area contributed by atoms with Crippen LogP contribution in [0.3, 0.4) is 0 Å². The van der Waals surface area contributed by atoms with Crippen LogP contribution < -0.4 is 5.32 Å². The number of thiophene rings is 1. The van der Waals surface area contributed by atoms with Gasteiger partial charge in [0.1, 0.15) is 0 Å². The van der Waals surface area contributed by atoms with Gasteiger partial charge >= 0.3 is 0 Å². The van der Waals surface area contributed by atoms with Gasteiger partial charge < -0.3 is 10.4 Å². The van der Waals surface area contributed by atoms with Crippen molar-refractivity contribution in [2.45, 2.75) is 19.0 Å². The van der Waals surface area contributed by atoms with E-state index in [1.807, 2.05) is 30.5 Å². The van der Waals surface area contributed by atoms with E-state index in [4.69, 9.17) is 23.2 Å². The van der Waals surface area contributed by atoms with Crippen LogP contribution in [-0.4, -0.2) is 11.7 Å². The Morgan fingerprint density at radius 2 is 2.05 bits per heavy atom. The average molecular weight is 316 g/mol. The summed E-state index contributed by atoms with van der Waals surface area (Å²) >= 11 is 13.9. The number of hydrogen-bond donors (Lipinski definition) is 2. The smallest absolute Gasteiger partial charge is 0.0658 e. The summed E-state index contributed by atoms with van der Waals surface area (Å²) in [5, 5.41) is 16.1. The van der Waals surface area contributed by atoms with Crippen molar-refractivity contribution in [3.63, 3.8) is 0 Å². The summed E-state index contributed by atoms with van der Waals surface area (Å²) in [6.45, 7) is 2.54. The standard InChI is InChI=1S/C14H15Cl2NOS/c1-14(9-18,17-8-10-4-3-7-19-10)11-5-2-6-12(15)13(11)16/h2-7,17-18H,8-9H2,1H3. The van der Waals surface area contributed by atoms with Crippen LogP contribution in [-0.2, 0) is 12.1 Å². The molecule has 0 aliphatic rings. The highest BCUT2D eigenvalue weighted by Gasteiger charge is 2.28. The lowest BCUT2D eigenvalue weighted by Crippen LogP contribution is -2.42. The number of rotatable bonds is 5. The van der Waals surface area contributed by atoms with Crippen LogP contribution in [0.4, 0.5) is 0 Å². The Kier molecular flexibility index (Phi) is 4.87. The fourth-order valence-electron chi connectivity index (χ4n) is 1.86. The molecule has 2 rings (SSSR count). The molecule has 0 radical (unpaired) electrons. The van der Waals surface area contributed by atoms with Crippen LogP contribution in [0.2, 0.25) is 10.0 Å². The molecule has 2 N–H and O–H groups in total. The highest BCUT2D eigenvalue weighted by atomic mass is 35.5. The maximum Gasteiger partial charge on any atom is 0.0658 e. The highest BCUT2D eigenvalue weighted by molar-refractivity contribution is 7.09. The first-order valence-electron chi connectivity index (χ1n) is 5.89. The minimum absolute atomic E-state index is 0.0571. The zero-order valence-electron chi connectivity index (χ0n) is 10.5. The molecular formula is C14H15Cl2NOS. The fraction of sp³-hybridized carbons (Fsp3) is 0.286. The minimum Gasteiger partial charge on any atom is -0.394 e. The second-order valence-corrected chi connectivity index (χ2v) is 6.34. The van der Waals surface area contributed by atoms with Gasteiger partial charge in [0.05, 0.1) is 22.2 Å². The third-order valence-corrected chi connectivity index (χ3v) is 4.79. The van der Waals surface area contributed by atoms with Gasteiger partial charge in [-0.15, -0.1) is 11.3 Å². The predicted molar refractivity (Wildman–Crippen MR) is 82.1 cm³/mol. The van der Waals surface area contributed by atoms with Gasteiger partial charge in [-0.05, 0) is 30.0 Å². The molecule has 0 amide bonds. The van der Waals surface area contributed by atoms with Gasteiger partial charge in [-0.3, -0.25) is 0 Å². The molecule has 0 spiro atoms. The maximum absolute atomic E-state index is 9.72. The summed E-state index contributed by atoms with van der Waals surface area (Å²) < 4.78 is 0. The van der Waals surface area contributed by atoms with Crippen LogP contribution in [0, 0.1) is 0 Å². The molecule has 1 heterocycles. The molecule has 0 saturated heterocycles. The van der Waals surface area contributed by atoms with E-state index in [1.165, 1.54) is 4.88 Å². The molecule has 2 nitrogen and oxygen atoms in total. The quantitative estimate of drug-likeness (QED) is 0.872. The van der Waals surface area contributed by atoms with Crippen molar-refractivity contribution in [2.24, 2.45) is 0 Å². The van der Waals surface area contributed by atoms with Crippen molar-refractivity contribution in [1.29, 1.82) is 0 Å². The number of benzene rings is 1. The van der Waals surface area contributed by atoms with E-state index in [9.17, 15) is 5.11 Å². The number of halogens is 2. The number of nitrogens with one attached hydrogen (secondary N) is 1. The van der Waals surface area contributed by atoms with Gasteiger partial charge in [0.2, 0.25) is 0 Å². The van der Waals surface area contributed by atoms with Crippen molar-refractivity contribution in [3.05, 3.63) is 56.2 Å². The first kappa shape index (κ1) is 14.8. The fourth-order valence-corrected chi connectivity index (χ4v) is 3.02. The van der Waals surface area contributed by atoms with Crippen molar-refractivity contribution >= 4 is 34.5 Å². The third kappa shape index (κ3) is 3.30. The molecule has 1 aromatic heterocycles. The van der Waals surface area contributed by atoms with Crippen LogP contribution in [0.1, 0.15) is 17.4 Å². The zero-order valence-corrected chi connectivity index (χ0v) is 12.8. The SMILES string of the molecule is CC(CO)(NCc1cccs1)c1cccc(Cl)c1Cl. The lowest BCUT2D eigenvalue weighted by Gasteiger charge is -2.30. The molecule has 0 fully saturated rings. The van der Waals surface area contributed by atoms with Crippen LogP contribution in [0.25, 0.3) is 0 Å². The summed E-state index contributed by atoms with van der Waals surface area (Å²) in [7, 11) is 0. The molecule has 0 aliphatic heterocycles. The Labute approximate surface area is 127 Å². The van der Waals surface area contributed by atoms with Gasteiger partial charge in [-0.25, -0.2) is 0 Å². The lowest BCUT2D eigenvalue weighted by atomic mass is 9.92. The highest BCUT2D eigenvalue weighted by Crippen LogP contribution is 2.33. The van der Waals surface area contributed by atoms with E-state index in [0.717, 1.165) is 5.56 Å². The third-order valence-electron chi connectivity index (χ3n) is 3.10. The van der Waals surface area contributed by atoms with E-state index in [-0.39, 0.29) is 6.61 Å². The first-order valence-corrected chi connectivity index (χ1v) is 7.53. The Balaban J connectivity index is 2.23. The number of hydrogen-bond acceptors (Lipinski definition) is 3. The van der Waals surface area contributed by atoms with E-state index >= 15 is 0 Å². The maximum atomic E-state index is 9.72. The van der Waals surface area contributed by atoms with Gasteiger partial charge in [-0.1, -0.05) is 41.4 Å². The summed E-state index contributed by atoms with van der Waals surface area (Å²) in [6, 6.07) is 9.51. The van der Waals surface area contributed by atoms with Gasteiger partial charge in [0, 0.05) is 11.4 Å². The largest absolute Gasteiger partial charge is 0.394 e. The van der Waals surface area contributed by atoms with Crippen LogP contribution >= 0.6 is 34.5 Å². The summed E-state index contributed by atoms with van der Waals surface area (Å²) in [6.07, 6.45) is 0. The van der Waals surface area contributed by atoms with Crippen molar-refractivity contribution in [1.82, 2.24) is 5.32 Å². The van der Waals surface area contributed by atoms with Crippen molar-refractivity contribution in [3.8, 4) is 0 Å². The predicted octanol–water partition coefficient (Wildman–Crippen LogP) is 4.05.